The number of carbonyl (C=O) groups is 1. The lowest BCUT2D eigenvalue weighted by Gasteiger charge is -2.16. The highest BCUT2D eigenvalue weighted by Crippen LogP contribution is 2.38. The van der Waals surface area contributed by atoms with Crippen molar-refractivity contribution in [3.63, 3.8) is 0 Å². The van der Waals surface area contributed by atoms with Gasteiger partial charge in [-0.05, 0) is 49.6 Å². The Balaban J connectivity index is 1.58. The fourth-order valence-electron chi connectivity index (χ4n) is 3.19. The SMILES string of the molecule is CN(CC(=O)Nc1sc2c(c1C#N)CCC2)Cc1ccc(C(F)(F)F)cc1. The highest BCUT2D eigenvalue weighted by atomic mass is 32.1. The van der Waals surface area contributed by atoms with Crippen LogP contribution >= 0.6 is 11.3 Å². The van der Waals surface area contributed by atoms with Gasteiger partial charge in [-0.1, -0.05) is 12.1 Å². The number of amides is 1. The van der Waals surface area contributed by atoms with Crippen LogP contribution in [-0.4, -0.2) is 24.4 Å². The minimum Gasteiger partial charge on any atom is -0.315 e. The van der Waals surface area contributed by atoms with Crippen LogP contribution in [0.1, 0.15) is 33.6 Å². The first-order valence-electron chi connectivity index (χ1n) is 8.47. The molecule has 0 unspecified atom stereocenters. The monoisotopic (exact) mass is 393 g/mol. The Labute approximate surface area is 159 Å². The number of thiophene rings is 1. The van der Waals surface area contributed by atoms with E-state index in [1.807, 2.05) is 0 Å². The van der Waals surface area contributed by atoms with Gasteiger partial charge in [-0.15, -0.1) is 11.3 Å². The van der Waals surface area contributed by atoms with Crippen LogP contribution in [0.15, 0.2) is 24.3 Å². The molecular formula is C19H18F3N3OS. The summed E-state index contributed by atoms with van der Waals surface area (Å²) < 4.78 is 37.8. The van der Waals surface area contributed by atoms with E-state index >= 15 is 0 Å². The van der Waals surface area contributed by atoms with Gasteiger partial charge in [0.05, 0.1) is 17.7 Å². The molecule has 1 aliphatic carbocycles. The molecule has 0 saturated carbocycles. The Morgan fingerprint density at radius 1 is 1.30 bits per heavy atom. The number of nitriles is 1. The average Bonchev–Trinajstić information content (AvgIpc) is 3.14. The number of carbonyl (C=O) groups excluding carboxylic acids is 1. The number of halogens is 3. The number of alkyl halides is 3. The molecule has 0 atom stereocenters. The summed E-state index contributed by atoms with van der Waals surface area (Å²) in [5, 5.41) is 12.8. The largest absolute Gasteiger partial charge is 0.416 e. The second-order valence-corrected chi connectivity index (χ2v) is 7.69. The topological polar surface area (TPSA) is 56.1 Å². The van der Waals surface area contributed by atoms with Crippen LogP contribution in [0, 0.1) is 11.3 Å². The van der Waals surface area contributed by atoms with Crippen molar-refractivity contribution in [2.24, 2.45) is 0 Å². The number of aryl methyl sites for hydroxylation is 1. The molecule has 1 heterocycles. The van der Waals surface area contributed by atoms with E-state index in [4.69, 9.17) is 0 Å². The third-order valence-corrected chi connectivity index (χ3v) is 5.64. The van der Waals surface area contributed by atoms with E-state index in [1.165, 1.54) is 28.3 Å². The van der Waals surface area contributed by atoms with Gasteiger partial charge in [0, 0.05) is 11.4 Å². The molecule has 1 aliphatic rings. The fraction of sp³-hybridized carbons (Fsp3) is 0.368. The minimum atomic E-state index is -4.36. The third-order valence-electron chi connectivity index (χ3n) is 4.43. The molecule has 4 nitrogen and oxygen atoms in total. The van der Waals surface area contributed by atoms with E-state index < -0.39 is 11.7 Å². The average molecular weight is 393 g/mol. The van der Waals surface area contributed by atoms with Gasteiger partial charge in [0.15, 0.2) is 0 Å². The van der Waals surface area contributed by atoms with Crippen molar-refractivity contribution in [1.29, 1.82) is 5.26 Å². The number of likely N-dealkylation sites (N-methyl/N-ethyl adjacent to an activating group) is 1. The van der Waals surface area contributed by atoms with E-state index in [1.54, 1.807) is 11.9 Å². The van der Waals surface area contributed by atoms with Crippen molar-refractivity contribution in [3.8, 4) is 6.07 Å². The van der Waals surface area contributed by atoms with Crippen molar-refractivity contribution in [1.82, 2.24) is 4.90 Å². The number of hydrogen-bond donors (Lipinski definition) is 1. The maximum Gasteiger partial charge on any atom is 0.416 e. The molecule has 1 N–H and O–H groups in total. The molecule has 1 aromatic heterocycles. The molecule has 0 saturated heterocycles. The number of fused-ring (bicyclic) bond motifs is 1. The van der Waals surface area contributed by atoms with Gasteiger partial charge in [0.2, 0.25) is 5.91 Å². The van der Waals surface area contributed by atoms with Gasteiger partial charge in [-0.3, -0.25) is 9.69 Å². The van der Waals surface area contributed by atoms with Crippen molar-refractivity contribution in [2.75, 3.05) is 18.9 Å². The molecule has 142 valence electrons. The fourth-order valence-corrected chi connectivity index (χ4v) is 4.44. The molecule has 2 aromatic rings. The maximum absolute atomic E-state index is 12.6. The summed E-state index contributed by atoms with van der Waals surface area (Å²) in [7, 11) is 1.72. The first kappa shape index (κ1) is 19.4. The normalized spacial score (nSPS) is 13.5. The zero-order chi connectivity index (χ0) is 19.6. The van der Waals surface area contributed by atoms with E-state index in [2.05, 4.69) is 11.4 Å². The van der Waals surface area contributed by atoms with Crippen LogP contribution in [0.25, 0.3) is 0 Å². The maximum atomic E-state index is 12.6. The van der Waals surface area contributed by atoms with Gasteiger partial charge >= 0.3 is 6.18 Å². The quantitative estimate of drug-likeness (QED) is 0.828. The third kappa shape index (κ3) is 4.49. The molecule has 0 fully saturated rings. The zero-order valence-corrected chi connectivity index (χ0v) is 15.5. The van der Waals surface area contributed by atoms with Crippen LogP contribution in [0.3, 0.4) is 0 Å². The van der Waals surface area contributed by atoms with Crippen LogP contribution < -0.4 is 5.32 Å². The predicted octanol–water partition coefficient (Wildman–Crippen LogP) is 4.20. The Morgan fingerprint density at radius 2 is 2.00 bits per heavy atom. The summed E-state index contributed by atoms with van der Waals surface area (Å²) in [6.07, 6.45) is -1.50. The molecule has 0 bridgehead atoms. The van der Waals surface area contributed by atoms with Gasteiger partial charge < -0.3 is 5.32 Å². The Bertz CT molecular complexity index is 881. The van der Waals surface area contributed by atoms with Crippen LogP contribution in [-0.2, 0) is 30.4 Å². The standard InChI is InChI=1S/C19H18F3N3OS/c1-25(10-12-5-7-13(8-6-12)19(20,21)22)11-17(26)24-18-15(9-23)14-3-2-4-16(14)27-18/h5-8H,2-4,10-11H2,1H3,(H,24,26). The zero-order valence-electron chi connectivity index (χ0n) is 14.7. The predicted molar refractivity (Wildman–Crippen MR) is 97.5 cm³/mol. The van der Waals surface area contributed by atoms with Gasteiger partial charge in [-0.25, -0.2) is 0 Å². The molecule has 1 aromatic carbocycles. The van der Waals surface area contributed by atoms with E-state index in [-0.39, 0.29) is 12.5 Å². The first-order chi connectivity index (χ1) is 12.8. The van der Waals surface area contributed by atoms with Crippen LogP contribution in [0.4, 0.5) is 18.2 Å². The molecular weight excluding hydrogens is 375 g/mol. The van der Waals surface area contributed by atoms with Crippen LogP contribution in [0.5, 0.6) is 0 Å². The minimum absolute atomic E-state index is 0.0778. The Hall–Kier alpha value is -2.37. The smallest absolute Gasteiger partial charge is 0.315 e. The molecule has 27 heavy (non-hydrogen) atoms. The summed E-state index contributed by atoms with van der Waals surface area (Å²) in [4.78, 5) is 15.2. The summed E-state index contributed by atoms with van der Waals surface area (Å²) in [5.41, 5.74) is 1.61. The van der Waals surface area contributed by atoms with Crippen molar-refractivity contribution in [2.45, 2.75) is 32.0 Å². The van der Waals surface area contributed by atoms with Gasteiger partial charge in [0.25, 0.3) is 0 Å². The Kier molecular flexibility index (Phi) is 5.53. The second-order valence-electron chi connectivity index (χ2n) is 6.59. The molecule has 0 aliphatic heterocycles. The molecule has 0 spiro atoms. The Morgan fingerprint density at radius 3 is 2.63 bits per heavy atom. The number of benzene rings is 1. The van der Waals surface area contributed by atoms with E-state index in [9.17, 15) is 23.2 Å². The lowest BCUT2D eigenvalue weighted by Crippen LogP contribution is -2.29. The number of hydrogen-bond acceptors (Lipinski definition) is 4. The first-order valence-corrected chi connectivity index (χ1v) is 9.28. The summed E-state index contributed by atoms with van der Waals surface area (Å²) >= 11 is 1.46. The number of rotatable bonds is 5. The summed E-state index contributed by atoms with van der Waals surface area (Å²) in [6, 6.07) is 7.08. The summed E-state index contributed by atoms with van der Waals surface area (Å²) in [5.74, 6) is -0.249. The lowest BCUT2D eigenvalue weighted by molar-refractivity contribution is -0.137. The second kappa shape index (κ2) is 7.71. The van der Waals surface area contributed by atoms with Gasteiger partial charge in [0.1, 0.15) is 11.1 Å². The molecule has 1 amide bonds. The van der Waals surface area contributed by atoms with Gasteiger partial charge in [-0.2, -0.15) is 18.4 Å². The van der Waals surface area contributed by atoms with Crippen molar-refractivity contribution >= 4 is 22.2 Å². The molecule has 8 heteroatoms. The van der Waals surface area contributed by atoms with Crippen molar-refractivity contribution < 1.29 is 18.0 Å². The molecule has 3 rings (SSSR count). The number of anilines is 1. The van der Waals surface area contributed by atoms with Crippen molar-refractivity contribution in [3.05, 3.63) is 51.4 Å². The number of nitrogens with zero attached hydrogens (tertiary/aromatic N) is 2. The summed E-state index contributed by atoms with van der Waals surface area (Å²) in [6.45, 7) is 0.423. The van der Waals surface area contributed by atoms with E-state index in [0.29, 0.717) is 22.7 Å². The van der Waals surface area contributed by atoms with E-state index in [0.717, 1.165) is 37.0 Å². The highest BCUT2D eigenvalue weighted by molar-refractivity contribution is 7.16. The molecule has 0 radical (unpaired) electrons. The number of nitrogens with one attached hydrogen (secondary N) is 1. The van der Waals surface area contributed by atoms with Crippen LogP contribution in [0.2, 0.25) is 0 Å². The highest BCUT2D eigenvalue weighted by Gasteiger charge is 2.30. The lowest BCUT2D eigenvalue weighted by atomic mass is 10.1.